The SMILES string of the molecule is CON=C(C[n+]1cccc2ccccc21)c1ccc(N2CCCC2)cc1. The summed E-state index contributed by atoms with van der Waals surface area (Å²) in [5.41, 5.74) is 4.49. The molecule has 1 aliphatic rings. The number of rotatable bonds is 5. The Morgan fingerprint density at radius 2 is 1.73 bits per heavy atom. The highest BCUT2D eigenvalue weighted by Crippen LogP contribution is 2.21. The number of para-hydroxylation sites is 1. The van der Waals surface area contributed by atoms with Crippen molar-refractivity contribution in [3.05, 3.63) is 72.4 Å². The molecule has 1 aliphatic heterocycles. The minimum absolute atomic E-state index is 0.665. The molecule has 0 saturated carbocycles. The molecule has 0 bridgehead atoms. The number of nitrogens with zero attached hydrogens (tertiary/aromatic N) is 3. The summed E-state index contributed by atoms with van der Waals surface area (Å²) in [6.07, 6.45) is 4.66. The van der Waals surface area contributed by atoms with E-state index in [4.69, 9.17) is 4.84 Å². The third-order valence-corrected chi connectivity index (χ3v) is 4.98. The van der Waals surface area contributed by atoms with Crippen LogP contribution in [0.1, 0.15) is 18.4 Å². The van der Waals surface area contributed by atoms with Gasteiger partial charge in [-0.15, -0.1) is 0 Å². The van der Waals surface area contributed by atoms with Gasteiger partial charge in [-0.3, -0.25) is 0 Å². The van der Waals surface area contributed by atoms with Crippen LogP contribution in [0, 0.1) is 0 Å². The van der Waals surface area contributed by atoms with Crippen LogP contribution in [0.15, 0.2) is 72.0 Å². The molecule has 0 amide bonds. The summed E-state index contributed by atoms with van der Waals surface area (Å²) in [5.74, 6) is 0. The highest BCUT2D eigenvalue weighted by Gasteiger charge is 2.16. The van der Waals surface area contributed by atoms with Crippen LogP contribution in [0.3, 0.4) is 0 Å². The van der Waals surface area contributed by atoms with Crippen molar-refractivity contribution in [3.8, 4) is 0 Å². The van der Waals surface area contributed by atoms with Crippen molar-refractivity contribution < 1.29 is 9.40 Å². The molecule has 0 spiro atoms. The summed E-state index contributed by atoms with van der Waals surface area (Å²) in [6, 6.07) is 21.3. The van der Waals surface area contributed by atoms with Gasteiger partial charge in [-0.05, 0) is 37.1 Å². The molecule has 4 nitrogen and oxygen atoms in total. The largest absolute Gasteiger partial charge is 0.399 e. The van der Waals surface area contributed by atoms with Gasteiger partial charge in [0.25, 0.3) is 0 Å². The molecule has 0 N–H and O–H groups in total. The first-order chi connectivity index (χ1) is 12.8. The first kappa shape index (κ1) is 16.6. The molecule has 3 aromatic rings. The zero-order chi connectivity index (χ0) is 17.8. The fourth-order valence-corrected chi connectivity index (χ4v) is 3.64. The van der Waals surface area contributed by atoms with Crippen LogP contribution >= 0.6 is 0 Å². The van der Waals surface area contributed by atoms with E-state index in [1.54, 1.807) is 7.11 Å². The maximum absolute atomic E-state index is 5.14. The summed E-state index contributed by atoms with van der Waals surface area (Å²) < 4.78 is 2.21. The Morgan fingerprint density at radius 1 is 1.00 bits per heavy atom. The van der Waals surface area contributed by atoms with Crippen LogP contribution in [0.25, 0.3) is 10.9 Å². The lowest BCUT2D eigenvalue weighted by molar-refractivity contribution is -0.655. The smallest absolute Gasteiger partial charge is 0.212 e. The van der Waals surface area contributed by atoms with Gasteiger partial charge in [0.15, 0.2) is 18.5 Å². The van der Waals surface area contributed by atoms with E-state index < -0.39 is 0 Å². The van der Waals surface area contributed by atoms with E-state index in [-0.39, 0.29) is 0 Å². The lowest BCUT2D eigenvalue weighted by atomic mass is 10.1. The topological polar surface area (TPSA) is 28.7 Å². The second kappa shape index (κ2) is 7.56. The molecule has 1 aromatic heterocycles. The third kappa shape index (κ3) is 3.40. The lowest BCUT2D eigenvalue weighted by Crippen LogP contribution is -2.38. The van der Waals surface area contributed by atoms with E-state index >= 15 is 0 Å². The van der Waals surface area contributed by atoms with Crippen molar-refractivity contribution in [3.63, 3.8) is 0 Å². The predicted octanol–water partition coefficient (Wildman–Crippen LogP) is 3.78. The minimum Gasteiger partial charge on any atom is -0.399 e. The molecule has 0 atom stereocenters. The number of pyridine rings is 1. The highest BCUT2D eigenvalue weighted by atomic mass is 16.6. The van der Waals surface area contributed by atoms with Gasteiger partial charge in [0.05, 0.1) is 0 Å². The van der Waals surface area contributed by atoms with Crippen molar-refractivity contribution in [2.75, 3.05) is 25.1 Å². The summed E-state index contributed by atoms with van der Waals surface area (Å²) >= 11 is 0. The fraction of sp³-hybridized carbons (Fsp3) is 0.273. The standard InChI is InChI=1S/C22H24N3O/c1-26-23-21(17-25-16-6-8-19-7-2-3-9-22(19)25)18-10-12-20(13-11-18)24-14-4-5-15-24/h2-3,6-13,16H,4-5,14-15,17H2,1H3/q+1. The third-order valence-electron chi connectivity index (χ3n) is 4.98. The molecule has 2 aromatic carbocycles. The Morgan fingerprint density at radius 3 is 2.50 bits per heavy atom. The number of benzene rings is 2. The molecule has 4 heteroatoms. The van der Waals surface area contributed by atoms with Crippen molar-refractivity contribution >= 4 is 22.3 Å². The second-order valence-corrected chi connectivity index (χ2v) is 6.66. The van der Waals surface area contributed by atoms with Gasteiger partial charge < -0.3 is 9.74 Å². The molecular formula is C22H24N3O+. The molecule has 26 heavy (non-hydrogen) atoms. The highest BCUT2D eigenvalue weighted by molar-refractivity contribution is 5.99. The minimum atomic E-state index is 0.665. The summed E-state index contributed by atoms with van der Waals surface area (Å²) in [5, 5.41) is 5.52. The number of oxime groups is 1. The van der Waals surface area contributed by atoms with E-state index in [1.165, 1.54) is 29.4 Å². The molecule has 1 fully saturated rings. The van der Waals surface area contributed by atoms with E-state index in [0.29, 0.717) is 6.54 Å². The summed E-state index contributed by atoms with van der Waals surface area (Å²) in [7, 11) is 1.60. The first-order valence-electron chi connectivity index (χ1n) is 9.18. The molecule has 4 rings (SSSR count). The Bertz CT molecular complexity index is 907. The van der Waals surface area contributed by atoms with E-state index in [0.717, 1.165) is 24.4 Å². The molecular weight excluding hydrogens is 322 g/mol. The average molecular weight is 346 g/mol. The zero-order valence-corrected chi connectivity index (χ0v) is 15.1. The van der Waals surface area contributed by atoms with Crippen LogP contribution in [-0.4, -0.2) is 25.9 Å². The molecule has 132 valence electrons. The Kier molecular flexibility index (Phi) is 4.82. The molecule has 1 saturated heterocycles. The van der Waals surface area contributed by atoms with Gasteiger partial charge in [0, 0.05) is 41.9 Å². The monoisotopic (exact) mass is 346 g/mol. The second-order valence-electron chi connectivity index (χ2n) is 6.66. The van der Waals surface area contributed by atoms with Crippen LogP contribution in [0.2, 0.25) is 0 Å². The number of hydrogen-bond acceptors (Lipinski definition) is 3. The van der Waals surface area contributed by atoms with Gasteiger partial charge in [0.1, 0.15) is 7.11 Å². The normalized spacial score (nSPS) is 14.8. The lowest BCUT2D eigenvalue weighted by Gasteiger charge is -2.17. The van der Waals surface area contributed by atoms with Crippen LogP contribution in [0.4, 0.5) is 5.69 Å². The average Bonchev–Trinajstić information content (AvgIpc) is 3.23. The Balaban J connectivity index is 1.62. The van der Waals surface area contributed by atoms with Gasteiger partial charge in [-0.25, -0.2) is 0 Å². The Hall–Kier alpha value is -2.88. The number of aromatic nitrogens is 1. The first-order valence-corrected chi connectivity index (χ1v) is 9.18. The zero-order valence-electron chi connectivity index (χ0n) is 15.1. The van der Waals surface area contributed by atoms with Gasteiger partial charge >= 0.3 is 0 Å². The molecule has 0 unspecified atom stereocenters. The van der Waals surface area contributed by atoms with Crippen LogP contribution in [-0.2, 0) is 11.4 Å². The van der Waals surface area contributed by atoms with Crippen molar-refractivity contribution in [1.82, 2.24) is 0 Å². The van der Waals surface area contributed by atoms with E-state index in [1.807, 2.05) is 0 Å². The quantitative estimate of drug-likeness (QED) is 0.400. The van der Waals surface area contributed by atoms with E-state index in [9.17, 15) is 0 Å². The Labute approximate surface area is 154 Å². The number of hydrogen-bond donors (Lipinski definition) is 0. The molecule has 0 radical (unpaired) electrons. The van der Waals surface area contributed by atoms with Crippen molar-refractivity contribution in [2.24, 2.45) is 5.16 Å². The van der Waals surface area contributed by atoms with Crippen LogP contribution < -0.4 is 9.47 Å². The predicted molar refractivity (Wildman–Crippen MR) is 106 cm³/mol. The van der Waals surface area contributed by atoms with Gasteiger partial charge in [-0.1, -0.05) is 29.4 Å². The summed E-state index contributed by atoms with van der Waals surface area (Å²) in [6.45, 7) is 2.98. The van der Waals surface area contributed by atoms with E-state index in [2.05, 4.69) is 81.5 Å². The van der Waals surface area contributed by atoms with Crippen molar-refractivity contribution in [1.29, 1.82) is 0 Å². The number of anilines is 1. The van der Waals surface area contributed by atoms with Gasteiger partial charge in [-0.2, -0.15) is 4.57 Å². The van der Waals surface area contributed by atoms with Crippen molar-refractivity contribution in [2.45, 2.75) is 19.4 Å². The fourth-order valence-electron chi connectivity index (χ4n) is 3.64. The summed E-state index contributed by atoms with van der Waals surface area (Å²) in [4.78, 5) is 7.58. The number of fused-ring (bicyclic) bond motifs is 1. The molecule has 2 heterocycles. The molecule has 0 aliphatic carbocycles. The van der Waals surface area contributed by atoms with Crippen LogP contribution in [0.5, 0.6) is 0 Å². The maximum Gasteiger partial charge on any atom is 0.212 e. The van der Waals surface area contributed by atoms with Gasteiger partial charge in [0.2, 0.25) is 5.52 Å². The maximum atomic E-state index is 5.14.